The van der Waals surface area contributed by atoms with E-state index in [1.165, 1.54) is 4.31 Å². The zero-order valence-electron chi connectivity index (χ0n) is 15.6. The summed E-state index contributed by atoms with van der Waals surface area (Å²) in [5.41, 5.74) is 2.81. The molecule has 0 bridgehead atoms. The van der Waals surface area contributed by atoms with Gasteiger partial charge in [0, 0.05) is 31.7 Å². The molecule has 28 heavy (non-hydrogen) atoms. The summed E-state index contributed by atoms with van der Waals surface area (Å²) in [6, 6.07) is 15.2. The topological polar surface area (TPSA) is 73.8 Å². The Kier molecular flexibility index (Phi) is 8.38. The number of anilines is 1. The van der Waals surface area contributed by atoms with Crippen LogP contribution in [-0.4, -0.2) is 40.3 Å². The summed E-state index contributed by atoms with van der Waals surface area (Å²) in [5, 5.41) is 6.87. The number of halogens is 2. The van der Waals surface area contributed by atoms with Crippen LogP contribution in [0.4, 0.5) is 5.69 Å². The van der Waals surface area contributed by atoms with Gasteiger partial charge in [0.05, 0.1) is 11.4 Å². The van der Waals surface area contributed by atoms with Gasteiger partial charge in [-0.25, -0.2) is 8.42 Å². The number of hydrogen-bond acceptors (Lipinski definition) is 3. The summed E-state index contributed by atoms with van der Waals surface area (Å²) in [6.07, 6.45) is 0.754. The van der Waals surface area contributed by atoms with Crippen molar-refractivity contribution in [1.82, 2.24) is 10.6 Å². The van der Waals surface area contributed by atoms with E-state index < -0.39 is 10.0 Å². The van der Waals surface area contributed by atoms with Gasteiger partial charge >= 0.3 is 0 Å². The summed E-state index contributed by atoms with van der Waals surface area (Å²) in [5.74, 6) is 0.528. The summed E-state index contributed by atoms with van der Waals surface area (Å²) < 4.78 is 26.9. The normalized spacial score (nSPS) is 13.6. The molecule has 0 spiro atoms. The summed E-state index contributed by atoms with van der Waals surface area (Å²) in [4.78, 5) is 4.13. The lowest BCUT2D eigenvalue weighted by Crippen LogP contribution is -2.41. The second-order valence-electron chi connectivity index (χ2n) is 6.21. The van der Waals surface area contributed by atoms with Crippen LogP contribution in [0.1, 0.15) is 11.1 Å². The zero-order chi connectivity index (χ0) is 19.3. The maximum absolute atomic E-state index is 12.7. The quantitative estimate of drug-likeness (QED) is 0.340. The fourth-order valence-corrected chi connectivity index (χ4v) is 4.68. The third kappa shape index (κ3) is 5.51. The molecule has 0 atom stereocenters. The second-order valence-corrected chi connectivity index (χ2v) is 8.63. The Morgan fingerprint density at radius 3 is 2.61 bits per heavy atom. The van der Waals surface area contributed by atoms with Gasteiger partial charge in [0.2, 0.25) is 10.0 Å². The first kappa shape index (κ1) is 22.8. The fraction of sp³-hybridized carbons (Fsp3) is 0.316. The zero-order valence-corrected chi connectivity index (χ0v) is 19.5. The second kappa shape index (κ2) is 10.3. The van der Waals surface area contributed by atoms with Gasteiger partial charge in [0.15, 0.2) is 5.96 Å². The average molecular weight is 535 g/mol. The summed E-state index contributed by atoms with van der Waals surface area (Å²) in [7, 11) is -1.74. The number of nitrogens with one attached hydrogen (secondary N) is 2. The number of nitrogens with zero attached hydrogens (tertiary/aromatic N) is 2. The van der Waals surface area contributed by atoms with Crippen molar-refractivity contribution >= 4 is 57.2 Å². The summed E-state index contributed by atoms with van der Waals surface area (Å²) in [6.45, 7) is 1.27. The number of fused-ring (bicyclic) bond motifs is 1. The molecule has 0 amide bonds. The molecule has 0 aromatic heterocycles. The molecule has 0 unspecified atom stereocenters. The minimum absolute atomic E-state index is 0. The van der Waals surface area contributed by atoms with Crippen molar-refractivity contribution in [3.63, 3.8) is 0 Å². The molecule has 0 aliphatic carbocycles. The van der Waals surface area contributed by atoms with Gasteiger partial charge in [-0.05, 0) is 29.7 Å². The van der Waals surface area contributed by atoms with Gasteiger partial charge in [-0.1, -0.05) is 48.0 Å². The van der Waals surface area contributed by atoms with E-state index in [2.05, 4.69) is 15.6 Å². The number of para-hydroxylation sites is 1. The van der Waals surface area contributed by atoms with Gasteiger partial charge < -0.3 is 10.6 Å². The highest BCUT2D eigenvalue weighted by atomic mass is 127. The van der Waals surface area contributed by atoms with Crippen LogP contribution >= 0.6 is 35.6 Å². The largest absolute Gasteiger partial charge is 0.355 e. The number of aliphatic imine (C=N–C) groups is 1. The molecule has 9 heteroatoms. The third-order valence-electron chi connectivity index (χ3n) is 4.46. The lowest BCUT2D eigenvalue weighted by molar-refractivity contribution is 0.591. The van der Waals surface area contributed by atoms with E-state index in [4.69, 9.17) is 11.6 Å². The van der Waals surface area contributed by atoms with Crippen molar-refractivity contribution in [3.05, 3.63) is 64.7 Å². The van der Waals surface area contributed by atoms with E-state index in [-0.39, 0.29) is 36.3 Å². The average Bonchev–Trinajstić information content (AvgIpc) is 3.10. The molecule has 1 aliphatic heterocycles. The van der Waals surface area contributed by atoms with Crippen LogP contribution in [0.3, 0.4) is 0 Å². The van der Waals surface area contributed by atoms with E-state index >= 15 is 0 Å². The minimum Gasteiger partial charge on any atom is -0.355 e. The van der Waals surface area contributed by atoms with E-state index in [0.717, 1.165) is 23.2 Å². The van der Waals surface area contributed by atoms with Crippen LogP contribution in [0.5, 0.6) is 0 Å². The highest BCUT2D eigenvalue weighted by Crippen LogP contribution is 2.29. The van der Waals surface area contributed by atoms with Crippen molar-refractivity contribution in [3.8, 4) is 0 Å². The Balaban J connectivity index is 0.00000280. The van der Waals surface area contributed by atoms with Crippen molar-refractivity contribution in [2.24, 2.45) is 4.99 Å². The molecule has 1 heterocycles. The first-order valence-corrected chi connectivity index (χ1v) is 10.8. The standard InChI is InChI=1S/C19H23ClN4O2S.HI/c1-21-19(23-14-16-7-2-4-8-17(16)20)22-11-13-27(25,26)24-12-10-15-6-3-5-9-18(15)24;/h2-9H,10-14H2,1H3,(H2,21,22,23);1H. The number of rotatable bonds is 6. The SMILES string of the molecule is CN=C(NCCS(=O)(=O)N1CCc2ccccc21)NCc1ccccc1Cl.I. The van der Waals surface area contributed by atoms with E-state index in [0.29, 0.717) is 24.1 Å². The van der Waals surface area contributed by atoms with Gasteiger partial charge in [-0.2, -0.15) is 0 Å². The molecule has 0 fully saturated rings. The van der Waals surface area contributed by atoms with Crippen molar-refractivity contribution in [2.45, 2.75) is 13.0 Å². The number of guanidine groups is 1. The highest BCUT2D eigenvalue weighted by Gasteiger charge is 2.28. The van der Waals surface area contributed by atoms with Crippen molar-refractivity contribution in [2.75, 3.05) is 30.2 Å². The lowest BCUT2D eigenvalue weighted by Gasteiger charge is -2.20. The molecule has 6 nitrogen and oxygen atoms in total. The van der Waals surface area contributed by atoms with Crippen molar-refractivity contribution < 1.29 is 8.42 Å². The van der Waals surface area contributed by atoms with E-state index in [1.54, 1.807) is 7.05 Å². The molecule has 0 saturated heterocycles. The molecule has 2 N–H and O–H groups in total. The van der Waals surface area contributed by atoms with Gasteiger partial charge in [-0.15, -0.1) is 24.0 Å². The number of benzene rings is 2. The molecular formula is C19H24ClIN4O2S. The molecule has 0 saturated carbocycles. The Bertz CT molecular complexity index is 937. The summed E-state index contributed by atoms with van der Waals surface area (Å²) >= 11 is 6.14. The number of hydrogen-bond donors (Lipinski definition) is 2. The molecule has 3 rings (SSSR count). The Morgan fingerprint density at radius 2 is 1.86 bits per heavy atom. The molecular weight excluding hydrogens is 511 g/mol. The Labute approximate surface area is 188 Å². The first-order chi connectivity index (χ1) is 13.0. The molecule has 2 aromatic carbocycles. The van der Waals surface area contributed by atoms with Crippen LogP contribution in [0.15, 0.2) is 53.5 Å². The van der Waals surface area contributed by atoms with Crippen LogP contribution in [-0.2, 0) is 23.0 Å². The van der Waals surface area contributed by atoms with E-state index in [1.807, 2.05) is 48.5 Å². The Hall–Kier alpha value is -1.52. The maximum atomic E-state index is 12.7. The predicted octanol–water partition coefficient (Wildman–Crippen LogP) is 3.02. The monoisotopic (exact) mass is 534 g/mol. The van der Waals surface area contributed by atoms with Gasteiger partial charge in [0.1, 0.15) is 0 Å². The van der Waals surface area contributed by atoms with Crippen LogP contribution < -0.4 is 14.9 Å². The van der Waals surface area contributed by atoms with E-state index in [9.17, 15) is 8.42 Å². The fourth-order valence-electron chi connectivity index (χ4n) is 3.05. The van der Waals surface area contributed by atoms with Crippen LogP contribution in [0, 0.1) is 0 Å². The highest BCUT2D eigenvalue weighted by molar-refractivity contribution is 14.0. The Morgan fingerprint density at radius 1 is 1.14 bits per heavy atom. The molecule has 1 aliphatic rings. The lowest BCUT2D eigenvalue weighted by atomic mass is 10.2. The van der Waals surface area contributed by atoms with Crippen LogP contribution in [0.2, 0.25) is 5.02 Å². The molecule has 152 valence electrons. The molecule has 0 radical (unpaired) electrons. The smallest absolute Gasteiger partial charge is 0.236 e. The molecule has 2 aromatic rings. The van der Waals surface area contributed by atoms with Gasteiger partial charge in [-0.3, -0.25) is 9.30 Å². The minimum atomic E-state index is -3.38. The van der Waals surface area contributed by atoms with Crippen LogP contribution in [0.25, 0.3) is 0 Å². The third-order valence-corrected chi connectivity index (χ3v) is 6.60. The van der Waals surface area contributed by atoms with Gasteiger partial charge in [0.25, 0.3) is 0 Å². The number of sulfonamides is 1. The predicted molar refractivity (Wildman–Crippen MR) is 126 cm³/mol. The first-order valence-electron chi connectivity index (χ1n) is 8.77. The maximum Gasteiger partial charge on any atom is 0.236 e. The van der Waals surface area contributed by atoms with Crippen molar-refractivity contribution in [1.29, 1.82) is 0 Å².